The normalized spacial score (nSPS) is 10.8. The van der Waals surface area contributed by atoms with Gasteiger partial charge in [-0.3, -0.25) is 4.79 Å². The zero-order valence-corrected chi connectivity index (χ0v) is 13.9. The fourth-order valence-electron chi connectivity index (χ4n) is 2.53. The molecule has 2 aromatic carbocycles. The monoisotopic (exact) mass is 316 g/mol. The summed E-state index contributed by atoms with van der Waals surface area (Å²) in [5.74, 6) is 1.87. The highest BCUT2D eigenvalue weighted by Gasteiger charge is 2.22. The largest absolute Gasteiger partial charge is 0.497 e. The average molecular weight is 316 g/mol. The second-order valence-corrected chi connectivity index (χ2v) is 4.78. The molecule has 0 atom stereocenters. The minimum atomic E-state index is -0.194. The predicted molar refractivity (Wildman–Crippen MR) is 89.3 cm³/mol. The topological polar surface area (TPSA) is 54.0 Å². The smallest absolute Gasteiger partial charge is 0.193 e. The number of hydrogen-bond acceptors (Lipinski definition) is 5. The molecule has 0 bridgehead atoms. The van der Waals surface area contributed by atoms with E-state index in [0.29, 0.717) is 33.9 Å². The predicted octanol–water partition coefficient (Wildman–Crippen LogP) is 3.63. The third-order valence-electron chi connectivity index (χ3n) is 3.54. The molecular weight excluding hydrogens is 296 g/mol. The summed E-state index contributed by atoms with van der Waals surface area (Å²) in [6.07, 6.45) is 3.15. The van der Waals surface area contributed by atoms with Gasteiger partial charge in [-0.2, -0.15) is 0 Å². The number of ketones is 1. The minimum absolute atomic E-state index is 0.194. The third-order valence-corrected chi connectivity index (χ3v) is 3.54. The highest BCUT2D eigenvalue weighted by atomic mass is 16.5. The maximum atomic E-state index is 12.5. The van der Waals surface area contributed by atoms with Crippen LogP contribution in [0.2, 0.25) is 0 Å². The van der Waals surface area contributed by atoms with Crippen LogP contribution in [0.3, 0.4) is 0 Å². The van der Waals surface area contributed by atoms with Crippen LogP contribution >= 0.6 is 0 Å². The van der Waals surface area contributed by atoms with Gasteiger partial charge in [-0.15, -0.1) is 0 Å². The van der Waals surface area contributed by atoms with Gasteiger partial charge in [0.25, 0.3) is 0 Å². The molecule has 0 aliphatic heterocycles. The second kappa shape index (κ2) is 7.05. The molecule has 5 nitrogen and oxygen atoms in total. The molecule has 0 saturated heterocycles. The number of benzene rings is 2. The fourth-order valence-corrected chi connectivity index (χ4v) is 2.53. The molecule has 0 heterocycles. The fraction of sp³-hybridized carbons (Fsp3) is 0.278. The van der Waals surface area contributed by atoms with E-state index in [1.54, 1.807) is 39.4 Å². The quantitative estimate of drug-likeness (QED) is 0.601. The number of ether oxygens (including phenoxy) is 4. The van der Waals surface area contributed by atoms with Crippen LogP contribution in [0.5, 0.6) is 23.0 Å². The van der Waals surface area contributed by atoms with Gasteiger partial charge in [0.2, 0.25) is 0 Å². The van der Waals surface area contributed by atoms with Crippen molar-refractivity contribution in [2.24, 2.45) is 0 Å². The number of fused-ring (bicyclic) bond motifs is 1. The molecule has 5 heteroatoms. The molecule has 23 heavy (non-hydrogen) atoms. The molecular formula is C18H20O5. The summed E-state index contributed by atoms with van der Waals surface area (Å²) in [7, 11) is 6.18. The Bertz CT molecular complexity index is 762. The molecule has 0 N–H and O–H groups in total. The van der Waals surface area contributed by atoms with Crippen LogP contribution in [-0.2, 0) is 0 Å². The maximum absolute atomic E-state index is 12.5. The SMILES string of the molecule is C/C=C/C(=O)c1c(OC)cc2cc(OC)cc(OC)c2c1OC. The van der Waals surface area contributed by atoms with Gasteiger partial charge >= 0.3 is 0 Å². The van der Waals surface area contributed by atoms with Gasteiger partial charge in [-0.25, -0.2) is 0 Å². The van der Waals surface area contributed by atoms with Crippen LogP contribution in [0.25, 0.3) is 10.8 Å². The van der Waals surface area contributed by atoms with E-state index in [9.17, 15) is 4.79 Å². The van der Waals surface area contributed by atoms with E-state index < -0.39 is 0 Å². The van der Waals surface area contributed by atoms with Crippen LogP contribution in [0.1, 0.15) is 17.3 Å². The molecule has 0 aliphatic rings. The average Bonchev–Trinajstić information content (AvgIpc) is 2.58. The summed E-state index contributed by atoms with van der Waals surface area (Å²) in [6.45, 7) is 1.78. The van der Waals surface area contributed by atoms with Gasteiger partial charge in [-0.1, -0.05) is 6.08 Å². The zero-order chi connectivity index (χ0) is 17.0. The summed E-state index contributed by atoms with van der Waals surface area (Å²) < 4.78 is 21.7. The lowest BCUT2D eigenvalue weighted by molar-refractivity contribution is 0.104. The molecule has 0 aromatic heterocycles. The van der Waals surface area contributed by atoms with Crippen molar-refractivity contribution < 1.29 is 23.7 Å². The molecule has 0 fully saturated rings. The Hall–Kier alpha value is -2.69. The molecule has 2 rings (SSSR count). The third kappa shape index (κ3) is 2.95. The molecule has 0 saturated carbocycles. The highest BCUT2D eigenvalue weighted by molar-refractivity contribution is 6.13. The van der Waals surface area contributed by atoms with Crippen LogP contribution < -0.4 is 18.9 Å². The summed E-state index contributed by atoms with van der Waals surface area (Å²) in [5, 5.41) is 1.50. The number of allylic oxidation sites excluding steroid dienone is 2. The first-order valence-electron chi connectivity index (χ1n) is 7.09. The lowest BCUT2D eigenvalue weighted by Gasteiger charge is -2.17. The van der Waals surface area contributed by atoms with Crippen molar-refractivity contribution in [3.63, 3.8) is 0 Å². The van der Waals surface area contributed by atoms with E-state index in [4.69, 9.17) is 18.9 Å². The van der Waals surface area contributed by atoms with Crippen LogP contribution in [0.15, 0.2) is 30.4 Å². The Morgan fingerprint density at radius 3 is 2.13 bits per heavy atom. The van der Waals surface area contributed by atoms with Crippen molar-refractivity contribution in [3.8, 4) is 23.0 Å². The first-order valence-corrected chi connectivity index (χ1v) is 7.09. The van der Waals surface area contributed by atoms with Crippen LogP contribution in [0, 0.1) is 0 Å². The summed E-state index contributed by atoms with van der Waals surface area (Å²) in [5.41, 5.74) is 0.365. The van der Waals surface area contributed by atoms with E-state index in [2.05, 4.69) is 0 Å². The molecule has 0 aliphatic carbocycles. The second-order valence-electron chi connectivity index (χ2n) is 4.78. The Morgan fingerprint density at radius 2 is 1.61 bits per heavy atom. The van der Waals surface area contributed by atoms with Gasteiger partial charge in [0.05, 0.1) is 33.8 Å². The maximum Gasteiger partial charge on any atom is 0.193 e. The molecule has 2 aromatic rings. The highest BCUT2D eigenvalue weighted by Crippen LogP contribution is 2.43. The van der Waals surface area contributed by atoms with Crippen molar-refractivity contribution in [2.75, 3.05) is 28.4 Å². The van der Waals surface area contributed by atoms with Crippen molar-refractivity contribution in [1.82, 2.24) is 0 Å². The van der Waals surface area contributed by atoms with Crippen molar-refractivity contribution in [3.05, 3.63) is 35.9 Å². The number of rotatable bonds is 6. The van der Waals surface area contributed by atoms with Gasteiger partial charge in [-0.05, 0) is 30.5 Å². The summed E-state index contributed by atoms with van der Waals surface area (Å²) in [4.78, 5) is 12.5. The molecule has 122 valence electrons. The first kappa shape index (κ1) is 16.7. The molecule has 0 radical (unpaired) electrons. The minimum Gasteiger partial charge on any atom is -0.497 e. The lowest BCUT2D eigenvalue weighted by Crippen LogP contribution is -2.04. The Balaban J connectivity index is 2.93. The number of hydrogen-bond donors (Lipinski definition) is 0. The van der Waals surface area contributed by atoms with E-state index >= 15 is 0 Å². The Morgan fingerprint density at radius 1 is 0.913 bits per heavy atom. The number of carbonyl (C=O) groups excluding carboxylic acids is 1. The van der Waals surface area contributed by atoms with Gasteiger partial charge in [0, 0.05) is 6.07 Å². The summed E-state index contributed by atoms with van der Waals surface area (Å²) in [6, 6.07) is 5.37. The lowest BCUT2D eigenvalue weighted by atomic mass is 9.99. The molecule has 0 unspecified atom stereocenters. The van der Waals surface area contributed by atoms with Gasteiger partial charge in [0.1, 0.15) is 28.6 Å². The Labute approximate surface area is 135 Å². The number of carbonyl (C=O) groups is 1. The van der Waals surface area contributed by atoms with Gasteiger partial charge < -0.3 is 18.9 Å². The van der Waals surface area contributed by atoms with E-state index in [1.165, 1.54) is 20.3 Å². The van der Waals surface area contributed by atoms with E-state index in [1.807, 2.05) is 6.07 Å². The van der Waals surface area contributed by atoms with E-state index in [0.717, 1.165) is 5.39 Å². The zero-order valence-electron chi connectivity index (χ0n) is 13.9. The van der Waals surface area contributed by atoms with E-state index in [-0.39, 0.29) is 5.78 Å². The van der Waals surface area contributed by atoms with Crippen molar-refractivity contribution >= 4 is 16.6 Å². The summed E-state index contributed by atoms with van der Waals surface area (Å²) >= 11 is 0. The van der Waals surface area contributed by atoms with Gasteiger partial charge in [0.15, 0.2) is 5.78 Å². The standard InChI is InChI=1S/C18H20O5/c1-6-7-13(19)17-14(21-3)9-11-8-12(20-2)10-15(22-4)16(11)18(17)23-5/h6-10H,1-5H3/b7-6+. The number of methoxy groups -OCH3 is 4. The van der Waals surface area contributed by atoms with Crippen molar-refractivity contribution in [2.45, 2.75) is 6.92 Å². The van der Waals surface area contributed by atoms with Crippen molar-refractivity contribution in [1.29, 1.82) is 0 Å². The molecule has 0 spiro atoms. The Kier molecular flexibility index (Phi) is 5.11. The molecule has 0 amide bonds. The van der Waals surface area contributed by atoms with Crippen LogP contribution in [-0.4, -0.2) is 34.2 Å². The van der Waals surface area contributed by atoms with Crippen LogP contribution in [0.4, 0.5) is 0 Å². The first-order chi connectivity index (χ1) is 11.1.